The fourth-order valence-corrected chi connectivity index (χ4v) is 2.33. The van der Waals surface area contributed by atoms with Gasteiger partial charge in [-0.05, 0) is 25.0 Å². The van der Waals surface area contributed by atoms with Crippen LogP contribution in [-0.2, 0) is 14.3 Å². The van der Waals surface area contributed by atoms with E-state index < -0.39 is 20.1 Å². The molecule has 0 aliphatic rings. The first-order valence-corrected chi connectivity index (χ1v) is 10.9. The Kier molecular flexibility index (Phi) is 9.21. The van der Waals surface area contributed by atoms with Crippen LogP contribution in [0.1, 0.15) is 20.3 Å². The molecule has 5 heteroatoms. The number of ether oxygens (including phenoxy) is 2. The molecule has 0 aliphatic carbocycles. The van der Waals surface area contributed by atoms with Gasteiger partial charge in [0.25, 0.3) is 0 Å². The lowest BCUT2D eigenvalue weighted by molar-refractivity contribution is -0.122. The standard InChI is InChI=1S/C15H30O4Si/c1-12(2)15(17)13(3)14(16)7-8-18-11-19-9-10-20(4,5)6/h13-14,16H,1,7-11H2,2-6H3/t13-,14-/m0/s1. The van der Waals surface area contributed by atoms with Gasteiger partial charge < -0.3 is 14.6 Å². The van der Waals surface area contributed by atoms with Crippen molar-refractivity contribution in [2.45, 2.75) is 52.1 Å². The van der Waals surface area contributed by atoms with Gasteiger partial charge >= 0.3 is 0 Å². The predicted octanol–water partition coefficient (Wildman–Crippen LogP) is 2.85. The van der Waals surface area contributed by atoms with E-state index in [4.69, 9.17) is 9.47 Å². The minimum absolute atomic E-state index is 0.0936. The third kappa shape index (κ3) is 9.42. The van der Waals surface area contributed by atoms with Crippen LogP contribution >= 0.6 is 0 Å². The van der Waals surface area contributed by atoms with Crippen LogP contribution < -0.4 is 0 Å². The smallest absolute Gasteiger partial charge is 0.163 e. The second-order valence-electron chi connectivity index (χ2n) is 6.53. The number of Topliss-reactive ketones (excluding diaryl/α,β-unsaturated/α-hetero) is 1. The van der Waals surface area contributed by atoms with Gasteiger partial charge in [-0.1, -0.05) is 33.1 Å². The van der Waals surface area contributed by atoms with E-state index in [1.54, 1.807) is 13.8 Å². The van der Waals surface area contributed by atoms with Gasteiger partial charge in [-0.3, -0.25) is 4.79 Å². The van der Waals surface area contributed by atoms with Crippen molar-refractivity contribution < 1.29 is 19.4 Å². The Bertz CT molecular complexity index is 309. The number of aliphatic hydroxyl groups excluding tert-OH is 1. The van der Waals surface area contributed by atoms with E-state index in [2.05, 4.69) is 26.2 Å². The largest absolute Gasteiger partial charge is 0.392 e. The van der Waals surface area contributed by atoms with Crippen molar-refractivity contribution in [3.8, 4) is 0 Å². The van der Waals surface area contributed by atoms with E-state index in [-0.39, 0.29) is 12.6 Å². The fraction of sp³-hybridized carbons (Fsp3) is 0.800. The zero-order chi connectivity index (χ0) is 15.8. The van der Waals surface area contributed by atoms with E-state index in [1.165, 1.54) is 0 Å². The van der Waals surface area contributed by atoms with Crippen LogP contribution in [0.3, 0.4) is 0 Å². The lowest BCUT2D eigenvalue weighted by Gasteiger charge is -2.18. The highest BCUT2D eigenvalue weighted by atomic mass is 28.3. The molecular formula is C15H30O4Si. The molecule has 0 saturated heterocycles. The first-order valence-electron chi connectivity index (χ1n) is 7.18. The number of rotatable bonds is 11. The average molecular weight is 302 g/mol. The van der Waals surface area contributed by atoms with Gasteiger partial charge in [0.2, 0.25) is 0 Å². The maximum atomic E-state index is 11.6. The molecule has 4 nitrogen and oxygen atoms in total. The van der Waals surface area contributed by atoms with Crippen LogP contribution in [0.25, 0.3) is 0 Å². The highest BCUT2D eigenvalue weighted by Gasteiger charge is 2.21. The molecule has 0 aromatic rings. The summed E-state index contributed by atoms with van der Waals surface area (Å²) in [5.74, 6) is -0.521. The molecule has 0 saturated carbocycles. The average Bonchev–Trinajstić information content (AvgIpc) is 2.34. The molecule has 0 radical (unpaired) electrons. The van der Waals surface area contributed by atoms with Crippen molar-refractivity contribution in [3.05, 3.63) is 12.2 Å². The van der Waals surface area contributed by atoms with Gasteiger partial charge in [0.05, 0.1) is 12.7 Å². The summed E-state index contributed by atoms with van der Waals surface area (Å²) in [5.41, 5.74) is 0.479. The van der Waals surface area contributed by atoms with E-state index in [0.29, 0.717) is 18.6 Å². The molecule has 0 fully saturated rings. The predicted molar refractivity (Wildman–Crippen MR) is 84.5 cm³/mol. The molecule has 2 atom stereocenters. The number of hydrogen-bond acceptors (Lipinski definition) is 4. The number of hydrogen-bond donors (Lipinski definition) is 1. The van der Waals surface area contributed by atoms with Gasteiger partial charge in [0, 0.05) is 20.6 Å². The molecule has 20 heavy (non-hydrogen) atoms. The SMILES string of the molecule is C=C(C)C(=O)[C@@H](C)[C@@H](O)CCOCOCC[Si](C)(C)C. The fourth-order valence-electron chi connectivity index (χ4n) is 1.57. The quantitative estimate of drug-likeness (QED) is 0.276. The minimum Gasteiger partial charge on any atom is -0.392 e. The number of ketones is 1. The van der Waals surface area contributed by atoms with Crippen molar-refractivity contribution in [1.82, 2.24) is 0 Å². The second kappa shape index (κ2) is 9.44. The molecule has 0 rings (SSSR count). The highest BCUT2D eigenvalue weighted by Crippen LogP contribution is 2.12. The molecule has 0 bridgehead atoms. The van der Waals surface area contributed by atoms with Gasteiger partial charge in [-0.15, -0.1) is 0 Å². The molecule has 118 valence electrons. The van der Waals surface area contributed by atoms with Crippen LogP contribution in [0.2, 0.25) is 25.7 Å². The second-order valence-corrected chi connectivity index (χ2v) is 12.2. The van der Waals surface area contributed by atoms with Crippen molar-refractivity contribution >= 4 is 13.9 Å². The van der Waals surface area contributed by atoms with E-state index in [1.807, 2.05) is 0 Å². The van der Waals surface area contributed by atoms with E-state index >= 15 is 0 Å². The van der Waals surface area contributed by atoms with E-state index in [0.717, 1.165) is 12.7 Å². The Balaban J connectivity index is 3.65. The number of carbonyl (C=O) groups excluding carboxylic acids is 1. The van der Waals surface area contributed by atoms with Gasteiger partial charge in [0.1, 0.15) is 6.79 Å². The lowest BCUT2D eigenvalue weighted by Crippen LogP contribution is -2.27. The Morgan fingerprint density at radius 1 is 1.25 bits per heavy atom. The zero-order valence-electron chi connectivity index (χ0n) is 13.6. The summed E-state index contributed by atoms with van der Waals surface area (Å²) >= 11 is 0. The first-order chi connectivity index (χ1) is 9.15. The maximum absolute atomic E-state index is 11.6. The third-order valence-electron chi connectivity index (χ3n) is 3.13. The van der Waals surface area contributed by atoms with Gasteiger partial charge in [-0.25, -0.2) is 0 Å². The molecule has 0 spiro atoms. The normalized spacial score (nSPS) is 14.9. The molecule has 0 aromatic carbocycles. The molecule has 0 aliphatic heterocycles. The third-order valence-corrected chi connectivity index (χ3v) is 4.84. The Morgan fingerprint density at radius 3 is 2.30 bits per heavy atom. The number of carbonyl (C=O) groups is 1. The summed E-state index contributed by atoms with van der Waals surface area (Å²) in [7, 11) is -1.05. The molecule has 1 N–H and O–H groups in total. The summed E-state index contributed by atoms with van der Waals surface area (Å²) in [4.78, 5) is 11.6. The summed E-state index contributed by atoms with van der Waals surface area (Å²) in [6, 6.07) is 1.11. The van der Waals surface area contributed by atoms with Crippen LogP contribution in [0.5, 0.6) is 0 Å². The van der Waals surface area contributed by atoms with Gasteiger partial charge in [0.15, 0.2) is 5.78 Å². The summed E-state index contributed by atoms with van der Waals surface area (Å²) < 4.78 is 10.7. The maximum Gasteiger partial charge on any atom is 0.163 e. The number of aliphatic hydroxyl groups is 1. The summed E-state index contributed by atoms with van der Waals surface area (Å²) in [6.07, 6.45) is -0.265. The Morgan fingerprint density at radius 2 is 1.80 bits per heavy atom. The number of allylic oxidation sites excluding steroid dienone is 1. The van der Waals surface area contributed by atoms with Crippen molar-refractivity contribution in [2.75, 3.05) is 20.0 Å². The minimum atomic E-state index is -1.05. The first kappa shape index (κ1) is 19.5. The molecule has 0 unspecified atom stereocenters. The van der Waals surface area contributed by atoms with Crippen molar-refractivity contribution in [1.29, 1.82) is 0 Å². The van der Waals surface area contributed by atoms with Crippen molar-refractivity contribution in [3.63, 3.8) is 0 Å². The molecule has 0 amide bonds. The Hall–Kier alpha value is -0.493. The summed E-state index contributed by atoms with van der Waals surface area (Å²) in [5, 5.41) is 9.87. The lowest BCUT2D eigenvalue weighted by atomic mass is 9.94. The van der Waals surface area contributed by atoms with Crippen LogP contribution in [0.4, 0.5) is 0 Å². The molecule has 0 heterocycles. The monoisotopic (exact) mass is 302 g/mol. The zero-order valence-corrected chi connectivity index (χ0v) is 14.6. The molecular weight excluding hydrogens is 272 g/mol. The topological polar surface area (TPSA) is 55.8 Å². The summed E-state index contributed by atoms with van der Waals surface area (Å²) in [6.45, 7) is 15.2. The van der Waals surface area contributed by atoms with Crippen LogP contribution in [0, 0.1) is 5.92 Å². The van der Waals surface area contributed by atoms with Crippen LogP contribution in [0.15, 0.2) is 12.2 Å². The van der Waals surface area contributed by atoms with Crippen LogP contribution in [-0.4, -0.2) is 45.1 Å². The van der Waals surface area contributed by atoms with Gasteiger partial charge in [-0.2, -0.15) is 0 Å². The van der Waals surface area contributed by atoms with E-state index in [9.17, 15) is 9.90 Å². The molecule has 0 aromatic heterocycles. The Labute approximate surface area is 124 Å². The highest BCUT2D eigenvalue weighted by molar-refractivity contribution is 6.76. The van der Waals surface area contributed by atoms with Crippen molar-refractivity contribution in [2.24, 2.45) is 5.92 Å².